The summed E-state index contributed by atoms with van der Waals surface area (Å²) in [6.07, 6.45) is 6.13. The first-order valence-electron chi connectivity index (χ1n) is 8.53. The standard InChI is InChI=1S/C18H24N2O2/c21-18-9-14-11-20(12-17(14)19-18)10-13-5-7-16(8-6-13)22-15-3-1-2-4-15/h5-8,14-15,17H,1-4,9-12H2,(H,19,21)/t14-,17+/m0/s1. The second-order valence-corrected chi connectivity index (χ2v) is 7.00. The highest BCUT2D eigenvalue weighted by atomic mass is 16.5. The number of ether oxygens (including phenoxy) is 1. The zero-order chi connectivity index (χ0) is 14.9. The van der Waals surface area contributed by atoms with Crippen LogP contribution in [0.1, 0.15) is 37.7 Å². The molecule has 1 aromatic rings. The molecule has 3 aliphatic rings. The third-order valence-electron chi connectivity index (χ3n) is 5.25. The number of nitrogens with one attached hydrogen (secondary N) is 1. The van der Waals surface area contributed by atoms with Crippen molar-refractivity contribution in [2.45, 2.75) is 50.8 Å². The van der Waals surface area contributed by atoms with Crippen LogP contribution < -0.4 is 10.1 Å². The van der Waals surface area contributed by atoms with Gasteiger partial charge in [0, 0.05) is 38.0 Å². The van der Waals surface area contributed by atoms with E-state index >= 15 is 0 Å². The first-order chi connectivity index (χ1) is 10.8. The molecular weight excluding hydrogens is 276 g/mol. The highest BCUT2D eigenvalue weighted by Gasteiger charge is 2.39. The Morgan fingerprint density at radius 1 is 1.14 bits per heavy atom. The molecule has 1 aromatic carbocycles. The van der Waals surface area contributed by atoms with E-state index in [-0.39, 0.29) is 5.91 Å². The molecule has 0 bridgehead atoms. The Morgan fingerprint density at radius 2 is 1.91 bits per heavy atom. The van der Waals surface area contributed by atoms with Crippen molar-refractivity contribution in [1.82, 2.24) is 10.2 Å². The van der Waals surface area contributed by atoms with Gasteiger partial charge in [-0.15, -0.1) is 0 Å². The molecule has 1 N–H and O–H groups in total. The van der Waals surface area contributed by atoms with E-state index in [1.54, 1.807) is 0 Å². The third kappa shape index (κ3) is 2.98. The van der Waals surface area contributed by atoms with Gasteiger partial charge in [0.1, 0.15) is 5.75 Å². The molecule has 2 heterocycles. The summed E-state index contributed by atoms with van der Waals surface area (Å²) < 4.78 is 6.01. The van der Waals surface area contributed by atoms with Crippen LogP contribution in [0.15, 0.2) is 24.3 Å². The van der Waals surface area contributed by atoms with Gasteiger partial charge in [-0.1, -0.05) is 12.1 Å². The summed E-state index contributed by atoms with van der Waals surface area (Å²) in [5, 5.41) is 3.08. The summed E-state index contributed by atoms with van der Waals surface area (Å²) >= 11 is 0. The number of likely N-dealkylation sites (tertiary alicyclic amines) is 1. The van der Waals surface area contributed by atoms with Crippen molar-refractivity contribution in [3.63, 3.8) is 0 Å². The van der Waals surface area contributed by atoms with E-state index < -0.39 is 0 Å². The molecule has 1 saturated carbocycles. The monoisotopic (exact) mass is 300 g/mol. The van der Waals surface area contributed by atoms with E-state index in [9.17, 15) is 4.79 Å². The molecule has 118 valence electrons. The molecule has 0 spiro atoms. The smallest absolute Gasteiger partial charge is 0.220 e. The average Bonchev–Trinajstić information content (AvgIpc) is 3.18. The van der Waals surface area contributed by atoms with E-state index in [2.05, 4.69) is 34.5 Å². The van der Waals surface area contributed by atoms with Crippen molar-refractivity contribution in [2.75, 3.05) is 13.1 Å². The lowest BCUT2D eigenvalue weighted by molar-refractivity contribution is -0.119. The topological polar surface area (TPSA) is 41.6 Å². The fraction of sp³-hybridized carbons (Fsp3) is 0.611. The second kappa shape index (κ2) is 5.92. The van der Waals surface area contributed by atoms with Crippen molar-refractivity contribution in [3.05, 3.63) is 29.8 Å². The fourth-order valence-electron chi connectivity index (χ4n) is 4.09. The van der Waals surface area contributed by atoms with Gasteiger partial charge in [0.05, 0.1) is 6.10 Å². The van der Waals surface area contributed by atoms with E-state index in [1.807, 2.05) is 0 Å². The summed E-state index contributed by atoms with van der Waals surface area (Å²) in [5.74, 6) is 1.74. The zero-order valence-corrected chi connectivity index (χ0v) is 13.0. The predicted octanol–water partition coefficient (Wildman–Crippen LogP) is 2.33. The van der Waals surface area contributed by atoms with Crippen LogP contribution in [-0.2, 0) is 11.3 Å². The van der Waals surface area contributed by atoms with Crippen LogP contribution in [0, 0.1) is 5.92 Å². The minimum atomic E-state index is 0.225. The Labute approximate surface area is 131 Å². The normalized spacial score (nSPS) is 28.8. The number of nitrogens with zero attached hydrogens (tertiary/aromatic N) is 1. The molecule has 2 aliphatic heterocycles. The highest BCUT2D eigenvalue weighted by Crippen LogP contribution is 2.27. The summed E-state index contributed by atoms with van der Waals surface area (Å²) in [5.41, 5.74) is 1.32. The molecule has 0 radical (unpaired) electrons. The van der Waals surface area contributed by atoms with Crippen LogP contribution in [0.5, 0.6) is 5.75 Å². The molecule has 0 aromatic heterocycles. The summed E-state index contributed by atoms with van der Waals surface area (Å²) in [6.45, 7) is 2.98. The lowest BCUT2D eigenvalue weighted by Gasteiger charge is -2.17. The van der Waals surface area contributed by atoms with Gasteiger partial charge >= 0.3 is 0 Å². The third-order valence-corrected chi connectivity index (χ3v) is 5.25. The zero-order valence-electron chi connectivity index (χ0n) is 13.0. The lowest BCUT2D eigenvalue weighted by Crippen LogP contribution is -2.32. The van der Waals surface area contributed by atoms with Gasteiger partial charge in [-0.05, 0) is 43.4 Å². The Bertz CT molecular complexity index is 521. The second-order valence-electron chi connectivity index (χ2n) is 7.00. The molecule has 1 aliphatic carbocycles. The maximum Gasteiger partial charge on any atom is 0.220 e. The van der Waals surface area contributed by atoms with Crippen molar-refractivity contribution in [1.29, 1.82) is 0 Å². The maximum atomic E-state index is 11.4. The van der Waals surface area contributed by atoms with Crippen LogP contribution in [0.3, 0.4) is 0 Å². The number of rotatable bonds is 4. The Kier molecular flexibility index (Phi) is 3.78. The summed E-state index contributed by atoms with van der Waals surface area (Å²) in [6, 6.07) is 8.93. The molecule has 1 amide bonds. The Balaban J connectivity index is 1.31. The van der Waals surface area contributed by atoms with Crippen LogP contribution in [-0.4, -0.2) is 36.0 Å². The number of hydrogen-bond donors (Lipinski definition) is 1. The molecule has 22 heavy (non-hydrogen) atoms. The SMILES string of the molecule is O=C1C[C@H]2CN(Cc3ccc(OC4CCCC4)cc3)C[C@H]2N1. The van der Waals surface area contributed by atoms with Crippen molar-refractivity contribution in [3.8, 4) is 5.75 Å². The molecule has 2 atom stereocenters. The molecule has 4 nitrogen and oxygen atoms in total. The quantitative estimate of drug-likeness (QED) is 0.928. The van der Waals surface area contributed by atoms with Gasteiger partial charge in [0.2, 0.25) is 5.91 Å². The summed E-state index contributed by atoms with van der Waals surface area (Å²) in [4.78, 5) is 13.8. The van der Waals surface area contributed by atoms with Gasteiger partial charge in [-0.2, -0.15) is 0 Å². The van der Waals surface area contributed by atoms with Crippen molar-refractivity contribution in [2.24, 2.45) is 5.92 Å². The van der Waals surface area contributed by atoms with E-state index in [4.69, 9.17) is 4.74 Å². The van der Waals surface area contributed by atoms with Crippen molar-refractivity contribution >= 4 is 5.91 Å². The molecule has 4 rings (SSSR count). The largest absolute Gasteiger partial charge is 0.490 e. The van der Waals surface area contributed by atoms with Gasteiger partial charge in [-0.3, -0.25) is 9.69 Å². The predicted molar refractivity (Wildman–Crippen MR) is 84.6 cm³/mol. The van der Waals surface area contributed by atoms with Gasteiger partial charge in [0.25, 0.3) is 0 Å². The Hall–Kier alpha value is -1.55. The highest BCUT2D eigenvalue weighted by molar-refractivity contribution is 5.79. The van der Waals surface area contributed by atoms with E-state index in [1.165, 1.54) is 31.2 Å². The minimum Gasteiger partial charge on any atom is -0.490 e. The molecule has 3 fully saturated rings. The van der Waals surface area contributed by atoms with Crippen LogP contribution in [0.2, 0.25) is 0 Å². The molecule has 4 heteroatoms. The molecule has 0 unspecified atom stereocenters. The number of amides is 1. The maximum absolute atomic E-state index is 11.4. The summed E-state index contributed by atoms with van der Waals surface area (Å²) in [7, 11) is 0. The molecular formula is C18H24N2O2. The molecule has 2 saturated heterocycles. The van der Waals surface area contributed by atoms with Crippen LogP contribution in [0.25, 0.3) is 0 Å². The van der Waals surface area contributed by atoms with Gasteiger partial charge in [-0.25, -0.2) is 0 Å². The minimum absolute atomic E-state index is 0.225. The number of carbonyl (C=O) groups is 1. The number of hydrogen-bond acceptors (Lipinski definition) is 3. The van der Waals surface area contributed by atoms with Crippen molar-refractivity contribution < 1.29 is 9.53 Å². The number of fused-ring (bicyclic) bond motifs is 1. The first kappa shape index (κ1) is 14.1. The lowest BCUT2D eigenvalue weighted by atomic mass is 10.1. The van der Waals surface area contributed by atoms with Gasteiger partial charge in [0.15, 0.2) is 0 Å². The van der Waals surface area contributed by atoms with E-state index in [0.717, 1.165) is 25.4 Å². The fourth-order valence-corrected chi connectivity index (χ4v) is 4.09. The van der Waals surface area contributed by atoms with Crippen LogP contribution >= 0.6 is 0 Å². The average molecular weight is 300 g/mol. The number of carbonyl (C=O) groups excluding carboxylic acids is 1. The van der Waals surface area contributed by atoms with Gasteiger partial charge < -0.3 is 10.1 Å². The number of benzene rings is 1. The first-order valence-corrected chi connectivity index (χ1v) is 8.53. The van der Waals surface area contributed by atoms with Crippen LogP contribution in [0.4, 0.5) is 0 Å². The Morgan fingerprint density at radius 3 is 2.64 bits per heavy atom. The van der Waals surface area contributed by atoms with E-state index in [0.29, 0.717) is 24.5 Å².